The van der Waals surface area contributed by atoms with Crippen molar-refractivity contribution in [1.82, 2.24) is 0 Å². The van der Waals surface area contributed by atoms with Crippen LogP contribution in [0.3, 0.4) is 0 Å². The van der Waals surface area contributed by atoms with E-state index in [0.29, 0.717) is 30.6 Å². The van der Waals surface area contributed by atoms with Gasteiger partial charge in [0.05, 0.1) is 19.1 Å². The van der Waals surface area contributed by atoms with E-state index in [-0.39, 0.29) is 11.7 Å². The van der Waals surface area contributed by atoms with Crippen molar-refractivity contribution in [2.45, 2.75) is 31.2 Å². The molecular weight excluding hydrogens is 347 g/mol. The fourth-order valence-electron chi connectivity index (χ4n) is 3.49. The maximum absolute atomic E-state index is 12.9. The summed E-state index contributed by atoms with van der Waals surface area (Å²) in [6.45, 7) is 0.358. The van der Waals surface area contributed by atoms with Gasteiger partial charge in [0.1, 0.15) is 11.5 Å². The average Bonchev–Trinajstić information content (AvgIpc) is 3.36. The third-order valence-electron chi connectivity index (χ3n) is 4.91. The van der Waals surface area contributed by atoms with Crippen LogP contribution in [0.1, 0.15) is 24.0 Å². The first-order chi connectivity index (χ1) is 12.3. The molecule has 136 valence electrons. The topological polar surface area (TPSA) is 38.8 Å². The van der Waals surface area contributed by atoms with Crippen molar-refractivity contribution in [3.63, 3.8) is 0 Å². The number of ether oxygens (including phenoxy) is 2. The largest absolute Gasteiger partial charge is 0.573 e. The van der Waals surface area contributed by atoms with Gasteiger partial charge < -0.3 is 14.4 Å². The van der Waals surface area contributed by atoms with E-state index in [9.17, 15) is 18.0 Å². The number of carbonyl (C=O) groups is 1. The van der Waals surface area contributed by atoms with Crippen molar-refractivity contribution >= 4 is 11.6 Å². The Hall–Kier alpha value is -2.70. The first-order valence-corrected chi connectivity index (χ1v) is 8.18. The Balaban J connectivity index is 1.65. The van der Waals surface area contributed by atoms with E-state index in [2.05, 4.69) is 4.74 Å². The van der Waals surface area contributed by atoms with E-state index in [1.807, 2.05) is 24.3 Å². The molecule has 1 amide bonds. The number of hydrogen-bond acceptors (Lipinski definition) is 3. The predicted molar refractivity (Wildman–Crippen MR) is 88.2 cm³/mol. The molecule has 0 N–H and O–H groups in total. The van der Waals surface area contributed by atoms with Gasteiger partial charge in [-0.25, -0.2) is 0 Å². The van der Waals surface area contributed by atoms with E-state index in [0.717, 1.165) is 11.3 Å². The van der Waals surface area contributed by atoms with Crippen molar-refractivity contribution in [2.24, 2.45) is 0 Å². The van der Waals surface area contributed by atoms with Gasteiger partial charge >= 0.3 is 6.36 Å². The van der Waals surface area contributed by atoms with Crippen LogP contribution in [0, 0.1) is 0 Å². The molecule has 0 bridgehead atoms. The monoisotopic (exact) mass is 363 g/mol. The first kappa shape index (κ1) is 16.8. The summed E-state index contributed by atoms with van der Waals surface area (Å²) < 4.78 is 46.6. The van der Waals surface area contributed by atoms with E-state index in [1.54, 1.807) is 12.0 Å². The standard InChI is InChI=1S/C19H16F3NO3/c1-25-13-4-2-12(3-5-13)11-23-16-7-6-14(26-19(20,21)22)10-15(16)18(8-9-18)17(23)24/h2-7,10H,8-9,11H2,1H3. The zero-order chi connectivity index (χ0) is 18.5. The van der Waals surface area contributed by atoms with Crippen molar-refractivity contribution < 1.29 is 27.4 Å². The Morgan fingerprint density at radius 1 is 1.08 bits per heavy atom. The number of hydrogen-bond donors (Lipinski definition) is 0. The average molecular weight is 363 g/mol. The molecule has 1 spiro atoms. The van der Waals surface area contributed by atoms with Gasteiger partial charge in [-0.3, -0.25) is 4.79 Å². The molecular formula is C19H16F3NO3. The molecule has 4 rings (SSSR count). The number of methoxy groups -OCH3 is 1. The second-order valence-corrected chi connectivity index (χ2v) is 6.55. The molecule has 26 heavy (non-hydrogen) atoms. The van der Waals surface area contributed by atoms with Crippen LogP contribution in [-0.2, 0) is 16.8 Å². The van der Waals surface area contributed by atoms with Gasteiger partial charge in [-0.15, -0.1) is 13.2 Å². The fraction of sp³-hybridized carbons (Fsp3) is 0.316. The highest BCUT2D eigenvalue weighted by atomic mass is 19.4. The lowest BCUT2D eigenvalue weighted by Crippen LogP contribution is -2.31. The maximum atomic E-state index is 12.9. The lowest BCUT2D eigenvalue weighted by molar-refractivity contribution is -0.274. The minimum atomic E-state index is -4.75. The highest BCUT2D eigenvalue weighted by Crippen LogP contribution is 2.58. The smallest absolute Gasteiger partial charge is 0.497 e. The number of rotatable bonds is 4. The van der Waals surface area contributed by atoms with Crippen LogP contribution in [0.25, 0.3) is 0 Å². The molecule has 0 unspecified atom stereocenters. The van der Waals surface area contributed by atoms with E-state index < -0.39 is 11.8 Å². The lowest BCUT2D eigenvalue weighted by Gasteiger charge is -2.18. The second-order valence-electron chi connectivity index (χ2n) is 6.55. The lowest BCUT2D eigenvalue weighted by atomic mass is 9.98. The molecule has 0 atom stereocenters. The number of anilines is 1. The summed E-state index contributed by atoms with van der Waals surface area (Å²) >= 11 is 0. The molecule has 0 radical (unpaired) electrons. The van der Waals surface area contributed by atoms with Crippen molar-refractivity contribution in [1.29, 1.82) is 0 Å². The summed E-state index contributed by atoms with van der Waals surface area (Å²) in [5.41, 5.74) is 1.50. The third-order valence-corrected chi connectivity index (χ3v) is 4.91. The summed E-state index contributed by atoms with van der Waals surface area (Å²) in [6.07, 6.45) is -3.46. The van der Waals surface area contributed by atoms with Crippen LogP contribution in [0.5, 0.6) is 11.5 Å². The van der Waals surface area contributed by atoms with Crippen LogP contribution in [-0.4, -0.2) is 19.4 Å². The molecule has 1 saturated carbocycles. The molecule has 1 heterocycles. The van der Waals surface area contributed by atoms with Crippen molar-refractivity contribution in [3.05, 3.63) is 53.6 Å². The quantitative estimate of drug-likeness (QED) is 0.818. The number of fused-ring (bicyclic) bond motifs is 2. The molecule has 7 heteroatoms. The Kier molecular flexibility index (Phi) is 3.64. The van der Waals surface area contributed by atoms with Crippen LogP contribution >= 0.6 is 0 Å². The zero-order valence-corrected chi connectivity index (χ0v) is 14.0. The van der Waals surface area contributed by atoms with Gasteiger partial charge in [0.25, 0.3) is 0 Å². The Morgan fingerprint density at radius 3 is 2.31 bits per heavy atom. The van der Waals surface area contributed by atoms with Crippen LogP contribution in [0.2, 0.25) is 0 Å². The molecule has 1 fully saturated rings. The minimum absolute atomic E-state index is 0.0625. The predicted octanol–water partition coefficient (Wildman–Crippen LogP) is 4.17. The SMILES string of the molecule is COc1ccc(CN2C(=O)C3(CC3)c3cc(OC(F)(F)F)ccc32)cc1. The molecule has 0 aromatic heterocycles. The Bertz CT molecular complexity index is 857. The minimum Gasteiger partial charge on any atom is -0.497 e. The molecule has 2 aliphatic rings. The van der Waals surface area contributed by atoms with Gasteiger partial charge in [-0.2, -0.15) is 0 Å². The Morgan fingerprint density at radius 2 is 1.73 bits per heavy atom. The molecule has 1 aliphatic carbocycles. The van der Waals surface area contributed by atoms with Crippen molar-refractivity contribution in [3.8, 4) is 11.5 Å². The zero-order valence-electron chi connectivity index (χ0n) is 14.0. The van der Waals surface area contributed by atoms with Gasteiger partial charge in [0.15, 0.2) is 0 Å². The normalized spacial score (nSPS) is 17.4. The van der Waals surface area contributed by atoms with Gasteiger partial charge in [-0.05, 0) is 54.3 Å². The van der Waals surface area contributed by atoms with E-state index in [4.69, 9.17) is 4.74 Å². The van der Waals surface area contributed by atoms with Crippen LogP contribution in [0.15, 0.2) is 42.5 Å². The van der Waals surface area contributed by atoms with Gasteiger partial charge in [0.2, 0.25) is 5.91 Å². The third kappa shape index (κ3) is 2.77. The summed E-state index contributed by atoms with van der Waals surface area (Å²) in [6, 6.07) is 11.5. The summed E-state index contributed by atoms with van der Waals surface area (Å²) in [4.78, 5) is 14.5. The Labute approximate surface area is 148 Å². The number of carbonyl (C=O) groups excluding carboxylic acids is 1. The molecule has 0 saturated heterocycles. The highest BCUT2D eigenvalue weighted by Gasteiger charge is 2.59. The van der Waals surface area contributed by atoms with E-state index >= 15 is 0 Å². The number of nitrogens with zero attached hydrogens (tertiary/aromatic N) is 1. The van der Waals surface area contributed by atoms with Gasteiger partial charge in [0, 0.05) is 5.69 Å². The summed E-state index contributed by atoms with van der Waals surface area (Å²) in [7, 11) is 1.58. The second kappa shape index (κ2) is 5.65. The highest BCUT2D eigenvalue weighted by molar-refractivity contribution is 6.10. The molecule has 2 aromatic rings. The summed E-state index contributed by atoms with van der Waals surface area (Å²) in [5, 5.41) is 0. The molecule has 2 aromatic carbocycles. The first-order valence-electron chi connectivity index (χ1n) is 8.18. The number of benzene rings is 2. The summed E-state index contributed by atoms with van der Waals surface area (Å²) in [5.74, 6) is 0.364. The number of halogens is 3. The maximum Gasteiger partial charge on any atom is 0.573 e. The van der Waals surface area contributed by atoms with Crippen molar-refractivity contribution in [2.75, 3.05) is 12.0 Å². The van der Waals surface area contributed by atoms with Crippen LogP contribution < -0.4 is 14.4 Å². The fourth-order valence-corrected chi connectivity index (χ4v) is 3.49. The van der Waals surface area contributed by atoms with Gasteiger partial charge in [-0.1, -0.05) is 12.1 Å². The number of alkyl halides is 3. The number of amides is 1. The molecule has 4 nitrogen and oxygen atoms in total. The molecule has 1 aliphatic heterocycles. The van der Waals surface area contributed by atoms with Crippen LogP contribution in [0.4, 0.5) is 18.9 Å². The van der Waals surface area contributed by atoms with E-state index in [1.165, 1.54) is 18.2 Å².